The lowest BCUT2D eigenvalue weighted by Crippen LogP contribution is -2.56. The van der Waals surface area contributed by atoms with E-state index < -0.39 is 0 Å². The summed E-state index contributed by atoms with van der Waals surface area (Å²) in [4.78, 5) is 3.90. The highest BCUT2D eigenvalue weighted by Crippen LogP contribution is 2.51. The molecule has 0 unspecified atom stereocenters. The van der Waals surface area contributed by atoms with Crippen LogP contribution in [0.3, 0.4) is 0 Å². The summed E-state index contributed by atoms with van der Waals surface area (Å²) >= 11 is 1.90. The molecule has 53 heavy (non-hydrogen) atoms. The first kappa shape index (κ1) is 28.1. The minimum atomic E-state index is 0.0129. The first-order chi connectivity index (χ1) is 26.3. The summed E-state index contributed by atoms with van der Waals surface area (Å²) in [5, 5.41) is 12.8. The molecule has 2 aliphatic heterocycles. The monoisotopic (exact) mass is 689 g/mol. The Labute approximate surface area is 309 Å². The van der Waals surface area contributed by atoms with Crippen molar-refractivity contribution in [3.05, 3.63) is 169 Å². The van der Waals surface area contributed by atoms with Crippen LogP contribution in [0.1, 0.15) is 0 Å². The fourth-order valence-corrected chi connectivity index (χ4v) is 10.9. The van der Waals surface area contributed by atoms with Crippen molar-refractivity contribution in [2.24, 2.45) is 0 Å². The van der Waals surface area contributed by atoms with E-state index in [2.05, 4.69) is 183 Å². The van der Waals surface area contributed by atoms with E-state index in [0.717, 1.165) is 0 Å². The van der Waals surface area contributed by atoms with Crippen molar-refractivity contribution in [1.82, 2.24) is 9.05 Å². The van der Waals surface area contributed by atoms with Gasteiger partial charge in [0.15, 0.2) is 0 Å². The summed E-state index contributed by atoms with van der Waals surface area (Å²) in [6.07, 6.45) is 0. The topological polar surface area (TPSA) is 13.1 Å². The molecule has 3 nitrogen and oxygen atoms in total. The smallest absolute Gasteiger partial charge is 0.334 e. The molecule has 0 aliphatic carbocycles. The van der Waals surface area contributed by atoms with Crippen molar-refractivity contribution in [3.63, 3.8) is 0 Å². The molecule has 0 atom stereocenters. The second kappa shape index (κ2) is 10.1. The Kier molecular flexibility index (Phi) is 5.33. The molecule has 0 fully saturated rings. The minimum Gasteiger partial charge on any atom is -0.375 e. The van der Waals surface area contributed by atoms with E-state index in [1.165, 1.54) is 109 Å². The molecule has 0 spiro atoms. The summed E-state index contributed by atoms with van der Waals surface area (Å²) in [7, 11) is 0. The number of nitrogens with zero attached hydrogens (tertiary/aromatic N) is 3. The Morgan fingerprint density at radius 3 is 1.98 bits per heavy atom. The third kappa shape index (κ3) is 3.50. The molecule has 11 aromatic rings. The van der Waals surface area contributed by atoms with Crippen LogP contribution in [-0.2, 0) is 0 Å². The summed E-state index contributed by atoms with van der Waals surface area (Å²) in [6, 6.07) is 60.7. The molecule has 8 aromatic carbocycles. The van der Waals surface area contributed by atoms with Crippen LogP contribution in [0.4, 0.5) is 17.1 Å². The normalized spacial score (nSPS) is 13.2. The predicted octanol–water partition coefficient (Wildman–Crippen LogP) is 11.7. The van der Waals surface area contributed by atoms with Gasteiger partial charge in [0.25, 0.3) is 0 Å². The van der Waals surface area contributed by atoms with Gasteiger partial charge in [0, 0.05) is 65.5 Å². The molecule has 0 saturated carbocycles. The SMILES string of the molecule is c1ccc(-n2c3ccccc3c3c4c5ccccc5n5c4c(cc32)-c2scc3c2B5c2c(ccc4ccccc24)N3c2ccc3ccccc3c2)cc1. The number of anilines is 3. The Bertz CT molecular complexity index is 3370. The summed E-state index contributed by atoms with van der Waals surface area (Å²) in [6.45, 7) is 0.0129. The zero-order chi connectivity index (χ0) is 34.4. The molecule has 0 radical (unpaired) electrons. The number of rotatable bonds is 2. The number of hydrogen-bond donors (Lipinski definition) is 0. The average molecular weight is 690 g/mol. The lowest BCUT2D eigenvalue weighted by Gasteiger charge is -2.38. The minimum absolute atomic E-state index is 0.0129. The maximum Gasteiger partial charge on any atom is 0.334 e. The molecule has 5 heteroatoms. The van der Waals surface area contributed by atoms with E-state index in [4.69, 9.17) is 0 Å². The van der Waals surface area contributed by atoms with Gasteiger partial charge in [-0.25, -0.2) is 0 Å². The fraction of sp³-hybridized carbons (Fsp3) is 0. The van der Waals surface area contributed by atoms with Crippen LogP contribution >= 0.6 is 11.3 Å². The molecule has 0 amide bonds. The van der Waals surface area contributed by atoms with Crippen molar-refractivity contribution in [3.8, 4) is 16.1 Å². The first-order valence-electron chi connectivity index (χ1n) is 18.3. The number of aromatic nitrogens is 2. The van der Waals surface area contributed by atoms with Crippen molar-refractivity contribution in [1.29, 1.82) is 0 Å². The molecule has 0 N–H and O–H groups in total. The van der Waals surface area contributed by atoms with E-state index in [1.54, 1.807) is 0 Å². The van der Waals surface area contributed by atoms with Gasteiger partial charge in [-0.15, -0.1) is 11.3 Å². The molecular weight excluding hydrogens is 661 g/mol. The van der Waals surface area contributed by atoms with Crippen LogP contribution in [0.5, 0.6) is 0 Å². The van der Waals surface area contributed by atoms with Crippen LogP contribution in [0.2, 0.25) is 0 Å². The summed E-state index contributed by atoms with van der Waals surface area (Å²) in [5.74, 6) is 0. The maximum atomic E-state index is 2.70. The largest absolute Gasteiger partial charge is 0.375 e. The lowest BCUT2D eigenvalue weighted by atomic mass is 9.45. The lowest BCUT2D eigenvalue weighted by molar-refractivity contribution is 1.18. The van der Waals surface area contributed by atoms with Crippen LogP contribution in [0.15, 0.2) is 169 Å². The molecule has 0 saturated heterocycles. The van der Waals surface area contributed by atoms with E-state index in [9.17, 15) is 0 Å². The summed E-state index contributed by atoms with van der Waals surface area (Å²) in [5.41, 5.74) is 14.0. The van der Waals surface area contributed by atoms with Crippen molar-refractivity contribution in [2.45, 2.75) is 0 Å². The number of para-hydroxylation sites is 3. The third-order valence-electron chi connectivity index (χ3n) is 11.9. The highest BCUT2D eigenvalue weighted by atomic mass is 32.1. The Morgan fingerprint density at radius 1 is 0.453 bits per heavy atom. The van der Waals surface area contributed by atoms with E-state index in [0.29, 0.717) is 0 Å². The molecule has 244 valence electrons. The number of hydrogen-bond acceptors (Lipinski definition) is 2. The van der Waals surface area contributed by atoms with Crippen LogP contribution in [0, 0.1) is 0 Å². The van der Waals surface area contributed by atoms with Gasteiger partial charge in [0.2, 0.25) is 0 Å². The Balaban J connectivity index is 1.23. The van der Waals surface area contributed by atoms with Crippen LogP contribution in [-0.4, -0.2) is 15.9 Å². The first-order valence-corrected chi connectivity index (χ1v) is 19.2. The van der Waals surface area contributed by atoms with Gasteiger partial charge >= 0.3 is 6.85 Å². The molecule has 13 rings (SSSR count). The second-order valence-electron chi connectivity index (χ2n) is 14.5. The number of thiophene rings is 1. The highest BCUT2D eigenvalue weighted by Gasteiger charge is 2.45. The molecule has 5 heterocycles. The molecular formula is C48H28BN3S. The van der Waals surface area contributed by atoms with Gasteiger partial charge in [-0.3, -0.25) is 0 Å². The Hall–Kier alpha value is -6.56. The maximum absolute atomic E-state index is 2.70. The molecule has 2 aliphatic rings. The van der Waals surface area contributed by atoms with Gasteiger partial charge in [0.05, 0.1) is 16.7 Å². The van der Waals surface area contributed by atoms with Crippen molar-refractivity contribution < 1.29 is 0 Å². The zero-order valence-corrected chi connectivity index (χ0v) is 29.3. The van der Waals surface area contributed by atoms with Gasteiger partial charge in [-0.1, -0.05) is 115 Å². The fourth-order valence-electron chi connectivity index (χ4n) is 9.84. The molecule has 3 aromatic heterocycles. The van der Waals surface area contributed by atoms with Crippen molar-refractivity contribution >= 4 is 111 Å². The quantitative estimate of drug-likeness (QED) is 0.165. The zero-order valence-electron chi connectivity index (χ0n) is 28.5. The third-order valence-corrected chi connectivity index (χ3v) is 12.9. The summed E-state index contributed by atoms with van der Waals surface area (Å²) < 4.78 is 5.18. The van der Waals surface area contributed by atoms with Gasteiger partial charge in [-0.05, 0) is 81.0 Å². The highest BCUT2D eigenvalue weighted by molar-refractivity contribution is 7.17. The van der Waals surface area contributed by atoms with Gasteiger partial charge in [-0.2, -0.15) is 0 Å². The van der Waals surface area contributed by atoms with E-state index in [1.807, 2.05) is 11.3 Å². The van der Waals surface area contributed by atoms with Crippen molar-refractivity contribution in [2.75, 3.05) is 4.90 Å². The number of fused-ring (bicyclic) bond motifs is 14. The Morgan fingerprint density at radius 2 is 1.13 bits per heavy atom. The molecule has 0 bridgehead atoms. The second-order valence-corrected chi connectivity index (χ2v) is 15.3. The van der Waals surface area contributed by atoms with E-state index >= 15 is 0 Å². The average Bonchev–Trinajstić information content (AvgIpc) is 3.91. The van der Waals surface area contributed by atoms with Gasteiger partial charge < -0.3 is 13.9 Å². The number of benzene rings is 8. The van der Waals surface area contributed by atoms with Crippen LogP contribution in [0.25, 0.3) is 81.3 Å². The van der Waals surface area contributed by atoms with E-state index in [-0.39, 0.29) is 6.85 Å². The standard InChI is InChI=1S/C48H28BN3S/c1-2-15-32(16-3-1)50-38-20-10-8-18-35(38)43-41(50)27-37-47-44(43)36-19-9-11-21-39(36)52(47)49-45-34-17-7-6-13-30(34)23-25-40(45)51(42-28-53-48(37)46(42)49)33-24-22-29-12-4-5-14-31(29)26-33/h1-28H. The van der Waals surface area contributed by atoms with Crippen LogP contribution < -0.4 is 15.8 Å². The van der Waals surface area contributed by atoms with Gasteiger partial charge in [0.1, 0.15) is 0 Å². The predicted molar refractivity (Wildman–Crippen MR) is 227 cm³/mol.